The number of benzene rings is 1. The van der Waals surface area contributed by atoms with Crippen molar-refractivity contribution >= 4 is 0 Å². The van der Waals surface area contributed by atoms with Crippen molar-refractivity contribution in [3.8, 4) is 0 Å². The highest BCUT2D eigenvalue weighted by Crippen LogP contribution is 2.44. The van der Waals surface area contributed by atoms with Crippen molar-refractivity contribution in [1.29, 1.82) is 0 Å². The van der Waals surface area contributed by atoms with Gasteiger partial charge in [-0.2, -0.15) is 13.2 Å². The average Bonchev–Trinajstić information content (AvgIpc) is 2.67. The molecule has 0 spiro atoms. The fraction of sp³-hybridized carbons (Fsp3) is 0.571. The normalized spacial score (nSPS) is 33.5. The molecule has 2 bridgehead atoms. The Bertz CT molecular complexity index is 514. The van der Waals surface area contributed by atoms with Crippen molar-refractivity contribution in [2.45, 2.75) is 49.7 Å². The standard InChI is InChI=1S/C14H14F4O2/c15-12-5-8(1-4-11(12)14(16,17)18)13(19)6-9-2-3-10(7-13)20-9/h1,4-5,9-10,19H,2-3,6-7H2. The van der Waals surface area contributed by atoms with Gasteiger partial charge in [0.25, 0.3) is 0 Å². The van der Waals surface area contributed by atoms with Crippen LogP contribution in [0.15, 0.2) is 18.2 Å². The minimum Gasteiger partial charge on any atom is -0.385 e. The first-order chi connectivity index (χ1) is 9.28. The predicted molar refractivity (Wildman–Crippen MR) is 62.4 cm³/mol. The van der Waals surface area contributed by atoms with E-state index in [-0.39, 0.29) is 17.8 Å². The summed E-state index contributed by atoms with van der Waals surface area (Å²) >= 11 is 0. The van der Waals surface area contributed by atoms with Crippen LogP contribution in [0.3, 0.4) is 0 Å². The smallest absolute Gasteiger partial charge is 0.385 e. The predicted octanol–water partition coefficient (Wildman–Crippen LogP) is 3.37. The summed E-state index contributed by atoms with van der Waals surface area (Å²) in [5, 5.41) is 10.6. The number of alkyl halides is 3. The summed E-state index contributed by atoms with van der Waals surface area (Å²) in [7, 11) is 0. The van der Waals surface area contributed by atoms with E-state index in [1.807, 2.05) is 0 Å². The Morgan fingerprint density at radius 1 is 1.15 bits per heavy atom. The molecule has 0 amide bonds. The van der Waals surface area contributed by atoms with Gasteiger partial charge in [-0.15, -0.1) is 0 Å². The Kier molecular flexibility index (Phi) is 3.06. The van der Waals surface area contributed by atoms with Crippen LogP contribution >= 0.6 is 0 Å². The zero-order valence-corrected chi connectivity index (χ0v) is 10.6. The highest BCUT2D eigenvalue weighted by Gasteiger charge is 2.45. The molecule has 0 radical (unpaired) electrons. The van der Waals surface area contributed by atoms with E-state index in [0.29, 0.717) is 18.9 Å². The minimum absolute atomic E-state index is 0.0934. The lowest BCUT2D eigenvalue weighted by molar-refractivity contribution is -0.140. The van der Waals surface area contributed by atoms with E-state index < -0.39 is 23.2 Å². The lowest BCUT2D eigenvalue weighted by atomic mass is 9.83. The molecule has 2 heterocycles. The van der Waals surface area contributed by atoms with Gasteiger partial charge in [0.2, 0.25) is 0 Å². The van der Waals surface area contributed by atoms with Crippen LogP contribution < -0.4 is 0 Å². The Hall–Kier alpha value is -1.14. The van der Waals surface area contributed by atoms with Gasteiger partial charge in [0.05, 0.1) is 23.4 Å². The highest BCUT2D eigenvalue weighted by molar-refractivity contribution is 5.31. The molecule has 1 aromatic rings. The second-order valence-corrected chi connectivity index (χ2v) is 5.59. The maximum absolute atomic E-state index is 13.6. The van der Waals surface area contributed by atoms with Gasteiger partial charge >= 0.3 is 6.18 Å². The average molecular weight is 290 g/mol. The summed E-state index contributed by atoms with van der Waals surface area (Å²) in [6.45, 7) is 0. The van der Waals surface area contributed by atoms with Crippen LogP contribution in [0.5, 0.6) is 0 Å². The minimum atomic E-state index is -4.72. The van der Waals surface area contributed by atoms with E-state index >= 15 is 0 Å². The Morgan fingerprint density at radius 2 is 1.75 bits per heavy atom. The maximum atomic E-state index is 13.6. The van der Waals surface area contributed by atoms with Crippen LogP contribution in [0, 0.1) is 5.82 Å². The molecular weight excluding hydrogens is 276 g/mol. The van der Waals surface area contributed by atoms with E-state index in [1.54, 1.807) is 0 Å². The van der Waals surface area contributed by atoms with Gasteiger partial charge in [-0.3, -0.25) is 0 Å². The lowest BCUT2D eigenvalue weighted by Gasteiger charge is -2.37. The van der Waals surface area contributed by atoms with Crippen LogP contribution in [0.4, 0.5) is 17.6 Å². The van der Waals surface area contributed by atoms with Crippen LogP contribution in [0.25, 0.3) is 0 Å². The summed E-state index contributed by atoms with van der Waals surface area (Å²) in [5.74, 6) is -1.35. The van der Waals surface area contributed by atoms with Crippen LogP contribution in [-0.2, 0) is 16.5 Å². The van der Waals surface area contributed by atoms with Crippen LogP contribution in [-0.4, -0.2) is 17.3 Å². The van der Waals surface area contributed by atoms with Gasteiger partial charge in [-0.05, 0) is 30.5 Å². The van der Waals surface area contributed by atoms with Crippen molar-refractivity contribution in [3.63, 3.8) is 0 Å². The monoisotopic (exact) mass is 290 g/mol. The van der Waals surface area contributed by atoms with Crippen molar-refractivity contribution in [2.75, 3.05) is 0 Å². The zero-order chi connectivity index (χ0) is 14.5. The number of halogens is 4. The van der Waals surface area contributed by atoms with Gasteiger partial charge in [0.1, 0.15) is 5.82 Å². The van der Waals surface area contributed by atoms with Gasteiger partial charge in [0.15, 0.2) is 0 Å². The molecule has 0 aromatic heterocycles. The molecule has 1 N–H and O–H groups in total. The topological polar surface area (TPSA) is 29.5 Å². The van der Waals surface area contributed by atoms with Gasteiger partial charge in [-0.25, -0.2) is 4.39 Å². The summed E-state index contributed by atoms with van der Waals surface area (Å²) in [6, 6.07) is 2.66. The van der Waals surface area contributed by atoms with E-state index in [1.165, 1.54) is 0 Å². The fourth-order valence-electron chi connectivity index (χ4n) is 3.19. The Balaban J connectivity index is 1.93. The molecule has 1 aromatic carbocycles. The van der Waals surface area contributed by atoms with E-state index in [4.69, 9.17) is 4.74 Å². The number of ether oxygens (including phenoxy) is 1. The van der Waals surface area contributed by atoms with E-state index in [9.17, 15) is 22.7 Å². The number of fused-ring (bicyclic) bond motifs is 2. The second-order valence-electron chi connectivity index (χ2n) is 5.59. The zero-order valence-electron chi connectivity index (χ0n) is 10.6. The Labute approximate surface area is 113 Å². The molecule has 2 saturated heterocycles. The number of rotatable bonds is 1. The van der Waals surface area contributed by atoms with Crippen molar-refractivity contribution in [2.24, 2.45) is 0 Å². The molecular formula is C14H14F4O2. The number of hydrogen-bond donors (Lipinski definition) is 1. The first kappa shape index (κ1) is 13.8. The summed E-state index contributed by atoms with van der Waals surface area (Å²) in [5.41, 5.74) is -2.40. The highest BCUT2D eigenvalue weighted by atomic mass is 19.4. The fourth-order valence-corrected chi connectivity index (χ4v) is 3.19. The van der Waals surface area contributed by atoms with Crippen molar-refractivity contribution < 1.29 is 27.4 Å². The van der Waals surface area contributed by atoms with Gasteiger partial charge < -0.3 is 9.84 Å². The maximum Gasteiger partial charge on any atom is 0.419 e. The van der Waals surface area contributed by atoms with E-state index in [0.717, 1.165) is 25.0 Å². The Morgan fingerprint density at radius 3 is 2.25 bits per heavy atom. The van der Waals surface area contributed by atoms with Crippen LogP contribution in [0.2, 0.25) is 0 Å². The van der Waals surface area contributed by atoms with Crippen molar-refractivity contribution in [3.05, 3.63) is 35.1 Å². The first-order valence-electron chi connectivity index (χ1n) is 6.53. The van der Waals surface area contributed by atoms with Crippen LogP contribution in [0.1, 0.15) is 36.8 Å². The van der Waals surface area contributed by atoms with Gasteiger partial charge in [-0.1, -0.05) is 6.07 Å². The third-order valence-corrected chi connectivity index (χ3v) is 4.14. The molecule has 0 aliphatic carbocycles. The number of hydrogen-bond acceptors (Lipinski definition) is 2. The molecule has 2 aliphatic rings. The first-order valence-corrected chi connectivity index (χ1v) is 6.53. The third-order valence-electron chi connectivity index (χ3n) is 4.14. The molecule has 110 valence electrons. The molecule has 2 nitrogen and oxygen atoms in total. The molecule has 6 heteroatoms. The molecule has 2 aliphatic heterocycles. The summed E-state index contributed by atoms with van der Waals surface area (Å²) in [6.07, 6.45) is -2.65. The SMILES string of the molecule is OC1(c2ccc(C(F)(F)F)c(F)c2)CC2CCC(C1)O2. The largest absolute Gasteiger partial charge is 0.419 e. The summed E-state index contributed by atoms with van der Waals surface area (Å²) in [4.78, 5) is 0. The molecule has 0 saturated carbocycles. The van der Waals surface area contributed by atoms with Gasteiger partial charge in [0, 0.05) is 12.8 Å². The van der Waals surface area contributed by atoms with Crippen molar-refractivity contribution in [1.82, 2.24) is 0 Å². The molecule has 3 rings (SSSR count). The number of aliphatic hydroxyl groups is 1. The molecule has 20 heavy (non-hydrogen) atoms. The molecule has 2 unspecified atom stereocenters. The lowest BCUT2D eigenvalue weighted by Crippen LogP contribution is -2.38. The summed E-state index contributed by atoms with van der Waals surface area (Å²) < 4.78 is 56.8. The molecule has 2 fully saturated rings. The second kappa shape index (κ2) is 4.43. The third kappa shape index (κ3) is 2.31. The van der Waals surface area contributed by atoms with E-state index in [2.05, 4.69) is 0 Å². The quantitative estimate of drug-likeness (QED) is 0.804. The molecule has 2 atom stereocenters.